The molecule has 0 amide bonds. The quantitative estimate of drug-likeness (QED) is 0.286. The second-order valence-electron chi connectivity index (χ2n) is 6.86. The van der Waals surface area contributed by atoms with Crippen LogP contribution in [-0.2, 0) is 4.74 Å². The highest BCUT2D eigenvalue weighted by Gasteiger charge is 2.16. The van der Waals surface area contributed by atoms with E-state index in [0.717, 1.165) is 24.4 Å². The first-order valence-corrected chi connectivity index (χ1v) is 9.87. The van der Waals surface area contributed by atoms with Gasteiger partial charge in [-0.05, 0) is 63.5 Å². The molecule has 0 saturated carbocycles. The Balaban J connectivity index is 2.40. The summed E-state index contributed by atoms with van der Waals surface area (Å²) in [6.07, 6.45) is 6.77. The minimum absolute atomic E-state index is 0.317. The maximum Gasteiger partial charge on any atom is 0.341 e. The smallest absolute Gasteiger partial charge is 0.341 e. The number of amidine groups is 1. The van der Waals surface area contributed by atoms with Gasteiger partial charge in [0.15, 0.2) is 5.82 Å². The Kier molecular flexibility index (Phi) is 7.95. The monoisotopic (exact) mass is 394 g/mol. The third-order valence-electron chi connectivity index (χ3n) is 4.14. The van der Waals surface area contributed by atoms with Crippen LogP contribution in [0.4, 0.5) is 5.69 Å². The first-order valence-electron chi connectivity index (χ1n) is 9.87. The van der Waals surface area contributed by atoms with Crippen LogP contribution in [0.5, 0.6) is 0 Å². The number of allylic oxidation sites excluding steroid dienone is 2. The van der Waals surface area contributed by atoms with Crippen molar-refractivity contribution in [1.29, 1.82) is 0 Å². The predicted octanol–water partition coefficient (Wildman–Crippen LogP) is 5.28. The van der Waals surface area contributed by atoms with Crippen LogP contribution in [0.15, 0.2) is 48.1 Å². The van der Waals surface area contributed by atoms with Gasteiger partial charge in [-0.3, -0.25) is 0 Å². The van der Waals surface area contributed by atoms with Crippen LogP contribution in [0.1, 0.15) is 53.9 Å². The van der Waals surface area contributed by atoms with E-state index in [1.807, 2.05) is 0 Å². The second kappa shape index (κ2) is 10.4. The average Bonchev–Trinajstić information content (AvgIpc) is 3.02. The zero-order chi connectivity index (χ0) is 21.4. The maximum atomic E-state index is 12.1. The minimum Gasteiger partial charge on any atom is -0.462 e. The van der Waals surface area contributed by atoms with Gasteiger partial charge in [0, 0.05) is 18.3 Å². The number of nitrogens with zero attached hydrogens (tertiary/aromatic N) is 3. The van der Waals surface area contributed by atoms with Crippen molar-refractivity contribution in [2.75, 3.05) is 11.9 Å². The molecule has 0 fully saturated rings. The van der Waals surface area contributed by atoms with Crippen LogP contribution in [-0.4, -0.2) is 28.2 Å². The average molecular weight is 395 g/mol. The predicted molar refractivity (Wildman–Crippen MR) is 119 cm³/mol. The Morgan fingerprint density at radius 2 is 1.93 bits per heavy atom. The van der Waals surface area contributed by atoms with Gasteiger partial charge in [-0.15, -0.1) is 0 Å². The number of rotatable bonds is 8. The van der Waals surface area contributed by atoms with Crippen molar-refractivity contribution < 1.29 is 9.53 Å². The third-order valence-corrected chi connectivity index (χ3v) is 4.14. The van der Waals surface area contributed by atoms with Gasteiger partial charge >= 0.3 is 5.97 Å². The van der Waals surface area contributed by atoms with Crippen molar-refractivity contribution in [2.45, 2.75) is 47.5 Å². The number of aliphatic imine (C=N–C) groups is 1. The molecule has 0 saturated heterocycles. The number of benzene rings is 1. The molecular formula is C23H30N4O2. The molecule has 0 unspecified atom stereocenters. The first kappa shape index (κ1) is 22.1. The molecule has 154 valence electrons. The maximum absolute atomic E-state index is 12.1. The SMILES string of the molecule is C=C/C=C(\N=C(CCC)Nc1cc(C)cc(C)c1)n1cc(C(=O)OCC)c(C)n1. The number of ether oxygens (including phenoxy) is 1. The molecule has 6 heteroatoms. The summed E-state index contributed by atoms with van der Waals surface area (Å²) >= 11 is 0. The molecule has 2 aromatic rings. The highest BCUT2D eigenvalue weighted by Crippen LogP contribution is 2.17. The van der Waals surface area contributed by atoms with Crippen LogP contribution < -0.4 is 5.32 Å². The van der Waals surface area contributed by atoms with E-state index in [0.29, 0.717) is 23.7 Å². The summed E-state index contributed by atoms with van der Waals surface area (Å²) in [4.78, 5) is 16.9. The highest BCUT2D eigenvalue weighted by atomic mass is 16.5. The summed E-state index contributed by atoms with van der Waals surface area (Å²) in [7, 11) is 0. The number of aryl methyl sites for hydroxylation is 3. The summed E-state index contributed by atoms with van der Waals surface area (Å²) in [6, 6.07) is 6.31. The molecule has 29 heavy (non-hydrogen) atoms. The molecule has 0 bridgehead atoms. The van der Waals surface area contributed by atoms with Crippen LogP contribution in [0.2, 0.25) is 0 Å². The van der Waals surface area contributed by atoms with Crippen molar-refractivity contribution in [2.24, 2.45) is 4.99 Å². The molecule has 1 aromatic heterocycles. The van der Waals surface area contributed by atoms with Gasteiger partial charge in [-0.1, -0.05) is 25.6 Å². The molecule has 0 radical (unpaired) electrons. The molecule has 1 heterocycles. The molecule has 0 aliphatic carbocycles. The van der Waals surface area contributed by atoms with Gasteiger partial charge in [-0.2, -0.15) is 5.10 Å². The van der Waals surface area contributed by atoms with E-state index in [2.05, 4.69) is 56.0 Å². The summed E-state index contributed by atoms with van der Waals surface area (Å²) in [6.45, 7) is 13.9. The van der Waals surface area contributed by atoms with E-state index < -0.39 is 0 Å². The number of esters is 1. The molecule has 1 aromatic carbocycles. The minimum atomic E-state index is -0.389. The van der Waals surface area contributed by atoms with Crippen molar-refractivity contribution in [3.63, 3.8) is 0 Å². The Bertz CT molecular complexity index is 918. The zero-order valence-corrected chi connectivity index (χ0v) is 18.0. The van der Waals surface area contributed by atoms with Crippen LogP contribution in [0, 0.1) is 20.8 Å². The van der Waals surface area contributed by atoms with Gasteiger partial charge in [-0.25, -0.2) is 14.5 Å². The number of aromatic nitrogens is 2. The van der Waals surface area contributed by atoms with Crippen LogP contribution in [0.25, 0.3) is 5.82 Å². The molecule has 2 rings (SSSR count). The lowest BCUT2D eigenvalue weighted by molar-refractivity contribution is 0.0525. The lowest BCUT2D eigenvalue weighted by Crippen LogP contribution is -2.13. The van der Waals surface area contributed by atoms with E-state index in [1.165, 1.54) is 11.1 Å². The van der Waals surface area contributed by atoms with Crippen molar-refractivity contribution in [3.8, 4) is 0 Å². The Morgan fingerprint density at radius 1 is 1.24 bits per heavy atom. The van der Waals surface area contributed by atoms with E-state index in [-0.39, 0.29) is 5.97 Å². The number of nitrogens with one attached hydrogen (secondary N) is 1. The van der Waals surface area contributed by atoms with E-state index in [1.54, 1.807) is 36.9 Å². The summed E-state index contributed by atoms with van der Waals surface area (Å²) in [5.41, 5.74) is 4.39. The van der Waals surface area contributed by atoms with E-state index in [4.69, 9.17) is 9.73 Å². The van der Waals surface area contributed by atoms with Gasteiger partial charge < -0.3 is 10.1 Å². The summed E-state index contributed by atoms with van der Waals surface area (Å²) in [5.74, 6) is 0.996. The van der Waals surface area contributed by atoms with Gasteiger partial charge in [0.25, 0.3) is 0 Å². The van der Waals surface area contributed by atoms with E-state index in [9.17, 15) is 4.79 Å². The fraction of sp³-hybridized carbons (Fsp3) is 0.348. The largest absolute Gasteiger partial charge is 0.462 e. The van der Waals surface area contributed by atoms with Gasteiger partial charge in [0.05, 0.1) is 12.3 Å². The van der Waals surface area contributed by atoms with Crippen molar-refractivity contribution in [1.82, 2.24) is 9.78 Å². The summed E-state index contributed by atoms with van der Waals surface area (Å²) in [5, 5.41) is 7.87. The molecule has 0 spiro atoms. The van der Waals surface area contributed by atoms with Crippen molar-refractivity contribution in [3.05, 3.63) is 65.5 Å². The van der Waals surface area contributed by atoms with Crippen LogP contribution >= 0.6 is 0 Å². The molecule has 6 nitrogen and oxygen atoms in total. The van der Waals surface area contributed by atoms with Gasteiger partial charge in [0.1, 0.15) is 11.4 Å². The number of carbonyl (C=O) groups is 1. The third kappa shape index (κ3) is 6.17. The molecular weight excluding hydrogens is 364 g/mol. The molecule has 0 atom stereocenters. The number of hydrogen-bond acceptors (Lipinski definition) is 4. The lowest BCUT2D eigenvalue weighted by Gasteiger charge is -2.12. The van der Waals surface area contributed by atoms with E-state index >= 15 is 0 Å². The Hall–Kier alpha value is -3.15. The van der Waals surface area contributed by atoms with Crippen molar-refractivity contribution >= 4 is 23.3 Å². The zero-order valence-electron chi connectivity index (χ0n) is 18.0. The fourth-order valence-electron chi connectivity index (χ4n) is 2.99. The second-order valence-corrected chi connectivity index (χ2v) is 6.86. The number of hydrogen-bond donors (Lipinski definition) is 1. The Labute approximate surface area is 173 Å². The van der Waals surface area contributed by atoms with Crippen LogP contribution in [0.3, 0.4) is 0 Å². The van der Waals surface area contributed by atoms with Gasteiger partial charge in [0.2, 0.25) is 0 Å². The molecule has 0 aliphatic heterocycles. The highest BCUT2D eigenvalue weighted by molar-refractivity contribution is 5.98. The standard InChI is InChI=1S/C23H30N4O2/c1-7-10-21(24-19-13-16(4)12-17(5)14-19)25-22(11-8-2)27-15-20(18(6)26-27)23(28)29-9-3/h8,11-15H,2,7,9-10H2,1,3-6H3,(H,24,25)/b22-11+. The fourth-order valence-corrected chi connectivity index (χ4v) is 2.99. The Morgan fingerprint density at radius 3 is 2.52 bits per heavy atom. The molecule has 1 N–H and O–H groups in total. The topological polar surface area (TPSA) is 68.5 Å². The number of carbonyl (C=O) groups excluding carboxylic acids is 1. The summed E-state index contributed by atoms with van der Waals surface area (Å²) < 4.78 is 6.69. The number of anilines is 1. The lowest BCUT2D eigenvalue weighted by atomic mass is 10.1. The molecule has 0 aliphatic rings. The normalized spacial score (nSPS) is 12.0. The first-order chi connectivity index (χ1) is 13.9.